The zero-order chi connectivity index (χ0) is 6.91. The number of ketones is 1. The zero-order valence-electron chi connectivity index (χ0n) is 5.94. The standard InChI is InChI=1S/C7H12O2/c1-6(8)7(9-2)4-3-5-7/h3-5H2,1-2H3. The predicted octanol–water partition coefficient (Wildman–Crippen LogP) is 1.14. The lowest BCUT2D eigenvalue weighted by Crippen LogP contribution is -2.45. The molecule has 1 saturated carbocycles. The lowest BCUT2D eigenvalue weighted by molar-refractivity contribution is -0.149. The molecule has 0 atom stereocenters. The summed E-state index contributed by atoms with van der Waals surface area (Å²) in [5, 5.41) is 0. The van der Waals surface area contributed by atoms with E-state index >= 15 is 0 Å². The van der Waals surface area contributed by atoms with Crippen molar-refractivity contribution in [3.05, 3.63) is 0 Å². The molecule has 0 radical (unpaired) electrons. The van der Waals surface area contributed by atoms with Crippen molar-refractivity contribution in [3.63, 3.8) is 0 Å². The molecular weight excluding hydrogens is 116 g/mol. The van der Waals surface area contributed by atoms with Gasteiger partial charge in [-0.15, -0.1) is 0 Å². The van der Waals surface area contributed by atoms with Crippen molar-refractivity contribution in [2.24, 2.45) is 0 Å². The zero-order valence-corrected chi connectivity index (χ0v) is 5.94. The summed E-state index contributed by atoms with van der Waals surface area (Å²) < 4.78 is 5.09. The molecule has 0 bridgehead atoms. The van der Waals surface area contributed by atoms with Gasteiger partial charge in [0.1, 0.15) is 5.60 Å². The van der Waals surface area contributed by atoms with Crippen molar-refractivity contribution in [1.82, 2.24) is 0 Å². The molecule has 0 unspecified atom stereocenters. The first kappa shape index (κ1) is 6.75. The Balaban J connectivity index is 2.57. The third-order valence-electron chi connectivity index (χ3n) is 2.19. The van der Waals surface area contributed by atoms with Crippen LogP contribution in [0, 0.1) is 0 Å². The summed E-state index contributed by atoms with van der Waals surface area (Å²) in [5.74, 6) is 0.177. The number of carbonyl (C=O) groups excluding carboxylic acids is 1. The summed E-state index contributed by atoms with van der Waals surface area (Å²) in [6.07, 6.45) is 2.96. The van der Waals surface area contributed by atoms with E-state index in [0.29, 0.717) is 0 Å². The van der Waals surface area contributed by atoms with Gasteiger partial charge >= 0.3 is 0 Å². The van der Waals surface area contributed by atoms with E-state index in [2.05, 4.69) is 0 Å². The van der Waals surface area contributed by atoms with Gasteiger partial charge in [-0.3, -0.25) is 4.79 Å². The molecule has 0 amide bonds. The highest BCUT2D eigenvalue weighted by Crippen LogP contribution is 2.35. The Morgan fingerprint density at radius 2 is 2.11 bits per heavy atom. The van der Waals surface area contributed by atoms with Crippen molar-refractivity contribution in [1.29, 1.82) is 0 Å². The van der Waals surface area contributed by atoms with Crippen LogP contribution in [0.3, 0.4) is 0 Å². The molecule has 0 N–H and O–H groups in total. The van der Waals surface area contributed by atoms with Gasteiger partial charge in [-0.1, -0.05) is 0 Å². The van der Waals surface area contributed by atoms with Crippen LogP contribution in [0.1, 0.15) is 26.2 Å². The van der Waals surface area contributed by atoms with Gasteiger partial charge in [-0.25, -0.2) is 0 Å². The van der Waals surface area contributed by atoms with Crippen LogP contribution in [-0.2, 0) is 9.53 Å². The Morgan fingerprint density at radius 3 is 2.11 bits per heavy atom. The number of hydrogen-bond acceptors (Lipinski definition) is 2. The Labute approximate surface area is 55.2 Å². The Bertz CT molecular complexity index is 119. The van der Waals surface area contributed by atoms with Gasteiger partial charge in [-0.2, -0.15) is 0 Å². The van der Waals surface area contributed by atoms with Crippen molar-refractivity contribution >= 4 is 5.78 Å². The van der Waals surface area contributed by atoms with Crippen LogP contribution < -0.4 is 0 Å². The largest absolute Gasteiger partial charge is 0.370 e. The number of rotatable bonds is 2. The second-order valence-corrected chi connectivity index (χ2v) is 2.61. The Kier molecular flexibility index (Phi) is 1.58. The number of ether oxygens (including phenoxy) is 1. The highest BCUT2D eigenvalue weighted by Gasteiger charge is 2.41. The molecule has 1 aliphatic carbocycles. The van der Waals surface area contributed by atoms with Crippen LogP contribution in [0.5, 0.6) is 0 Å². The predicted molar refractivity (Wildman–Crippen MR) is 34.3 cm³/mol. The van der Waals surface area contributed by atoms with Crippen LogP contribution in [0.2, 0.25) is 0 Å². The lowest BCUT2D eigenvalue weighted by Gasteiger charge is -2.37. The molecule has 0 aromatic carbocycles. The molecule has 2 heteroatoms. The van der Waals surface area contributed by atoms with E-state index in [4.69, 9.17) is 4.74 Å². The maximum Gasteiger partial charge on any atom is 0.161 e. The molecule has 0 saturated heterocycles. The fourth-order valence-electron chi connectivity index (χ4n) is 1.20. The van der Waals surface area contributed by atoms with Crippen molar-refractivity contribution in [2.45, 2.75) is 31.8 Å². The van der Waals surface area contributed by atoms with Crippen LogP contribution >= 0.6 is 0 Å². The average molecular weight is 128 g/mol. The lowest BCUT2D eigenvalue weighted by atomic mass is 9.77. The monoisotopic (exact) mass is 128 g/mol. The van der Waals surface area contributed by atoms with E-state index in [1.54, 1.807) is 14.0 Å². The minimum Gasteiger partial charge on any atom is -0.370 e. The molecule has 0 heterocycles. The van der Waals surface area contributed by atoms with Crippen LogP contribution in [0.4, 0.5) is 0 Å². The molecule has 1 aliphatic rings. The molecule has 52 valence electrons. The molecule has 0 aliphatic heterocycles. The fourth-order valence-corrected chi connectivity index (χ4v) is 1.20. The maximum absolute atomic E-state index is 10.9. The first-order valence-electron chi connectivity index (χ1n) is 3.27. The summed E-state index contributed by atoms with van der Waals surface area (Å²) in [6, 6.07) is 0. The second kappa shape index (κ2) is 2.10. The van der Waals surface area contributed by atoms with E-state index < -0.39 is 0 Å². The average Bonchev–Trinajstić information content (AvgIpc) is 1.62. The molecule has 0 aromatic rings. The molecule has 0 spiro atoms. The summed E-state index contributed by atoms with van der Waals surface area (Å²) in [5.41, 5.74) is -0.375. The minimum absolute atomic E-state index is 0.177. The van der Waals surface area contributed by atoms with Gasteiger partial charge in [0, 0.05) is 7.11 Å². The Hall–Kier alpha value is -0.370. The third kappa shape index (κ3) is 0.874. The first-order valence-corrected chi connectivity index (χ1v) is 3.27. The van der Waals surface area contributed by atoms with Crippen molar-refractivity contribution in [3.8, 4) is 0 Å². The molecule has 1 fully saturated rings. The van der Waals surface area contributed by atoms with Gasteiger partial charge in [0.15, 0.2) is 5.78 Å². The third-order valence-corrected chi connectivity index (χ3v) is 2.19. The highest BCUT2D eigenvalue weighted by atomic mass is 16.5. The van der Waals surface area contributed by atoms with E-state index in [1.807, 2.05) is 0 Å². The normalized spacial score (nSPS) is 22.9. The van der Waals surface area contributed by atoms with Crippen molar-refractivity contribution in [2.75, 3.05) is 7.11 Å². The van der Waals surface area contributed by atoms with Gasteiger partial charge in [0.25, 0.3) is 0 Å². The van der Waals surface area contributed by atoms with E-state index in [-0.39, 0.29) is 11.4 Å². The van der Waals surface area contributed by atoms with Crippen LogP contribution in [0.15, 0.2) is 0 Å². The SMILES string of the molecule is COC1(C(C)=O)CCC1. The molecule has 2 nitrogen and oxygen atoms in total. The summed E-state index contributed by atoms with van der Waals surface area (Å²) in [7, 11) is 1.61. The summed E-state index contributed by atoms with van der Waals surface area (Å²) in [6.45, 7) is 1.60. The van der Waals surface area contributed by atoms with Gasteiger partial charge in [-0.05, 0) is 26.2 Å². The summed E-state index contributed by atoms with van der Waals surface area (Å²) in [4.78, 5) is 10.9. The van der Waals surface area contributed by atoms with E-state index in [9.17, 15) is 4.79 Å². The number of methoxy groups -OCH3 is 1. The van der Waals surface area contributed by atoms with Crippen LogP contribution in [0.25, 0.3) is 0 Å². The topological polar surface area (TPSA) is 26.3 Å². The quantitative estimate of drug-likeness (QED) is 0.557. The maximum atomic E-state index is 10.9. The van der Waals surface area contributed by atoms with Crippen molar-refractivity contribution < 1.29 is 9.53 Å². The summed E-state index contributed by atoms with van der Waals surface area (Å²) >= 11 is 0. The first-order chi connectivity index (χ1) is 4.21. The number of carbonyl (C=O) groups is 1. The Morgan fingerprint density at radius 1 is 1.56 bits per heavy atom. The van der Waals surface area contributed by atoms with E-state index in [0.717, 1.165) is 19.3 Å². The number of Topliss-reactive ketones (excluding diaryl/α,β-unsaturated/α-hetero) is 1. The smallest absolute Gasteiger partial charge is 0.161 e. The van der Waals surface area contributed by atoms with Crippen LogP contribution in [-0.4, -0.2) is 18.5 Å². The fraction of sp³-hybridized carbons (Fsp3) is 0.857. The molecule has 9 heavy (non-hydrogen) atoms. The minimum atomic E-state index is -0.375. The number of hydrogen-bond donors (Lipinski definition) is 0. The molecule has 1 rings (SSSR count). The molecular formula is C7H12O2. The van der Waals surface area contributed by atoms with Gasteiger partial charge < -0.3 is 4.74 Å². The highest BCUT2D eigenvalue weighted by molar-refractivity contribution is 5.85. The molecule has 0 aromatic heterocycles. The van der Waals surface area contributed by atoms with Gasteiger partial charge in [0.2, 0.25) is 0 Å². The van der Waals surface area contributed by atoms with E-state index in [1.165, 1.54) is 0 Å². The van der Waals surface area contributed by atoms with Gasteiger partial charge in [0.05, 0.1) is 0 Å². The second-order valence-electron chi connectivity index (χ2n) is 2.61.